The molecular weight excluding hydrogens is 586 g/mol. The van der Waals surface area contributed by atoms with E-state index in [1.807, 2.05) is 24.3 Å². The first kappa shape index (κ1) is 32.7. The highest BCUT2D eigenvalue weighted by Crippen LogP contribution is 2.52. The van der Waals surface area contributed by atoms with E-state index in [0.717, 1.165) is 49.7 Å². The first-order chi connectivity index (χ1) is 22.5. The van der Waals surface area contributed by atoms with Crippen molar-refractivity contribution in [2.75, 3.05) is 51.2 Å². The molecule has 2 N–H and O–H groups in total. The zero-order valence-corrected chi connectivity index (χ0v) is 26.3. The fraction of sp³-hybridized carbons (Fsp3) is 0.333. The minimum Gasteiger partial charge on any atom is -0.497 e. The molecule has 10 heteroatoms. The molecule has 6 rings (SSSR count). The third-order valence-corrected chi connectivity index (χ3v) is 8.51. The van der Waals surface area contributed by atoms with Crippen LogP contribution in [0.15, 0.2) is 96.1 Å². The molecule has 1 fully saturated rings. The highest BCUT2D eigenvalue weighted by atomic mass is 16.5. The van der Waals surface area contributed by atoms with Gasteiger partial charge in [-0.05, 0) is 53.5 Å². The molecule has 3 heterocycles. The van der Waals surface area contributed by atoms with Crippen LogP contribution in [0.4, 0.5) is 11.4 Å². The number of nitrogens with zero attached hydrogens (tertiary/aromatic N) is 1. The number of amides is 1. The van der Waals surface area contributed by atoms with E-state index in [1.54, 1.807) is 32.4 Å². The van der Waals surface area contributed by atoms with E-state index in [-0.39, 0.29) is 18.1 Å². The predicted octanol–water partition coefficient (Wildman–Crippen LogP) is 5.16. The number of carbonyl (C=O) groups is 1. The number of carbonyl (C=O) groups excluding carboxylic acids is 3. The van der Waals surface area contributed by atoms with Crippen LogP contribution in [0.1, 0.15) is 30.5 Å². The van der Waals surface area contributed by atoms with Crippen molar-refractivity contribution in [3.05, 3.63) is 107 Å². The average molecular weight is 626 g/mol. The van der Waals surface area contributed by atoms with E-state index >= 15 is 0 Å². The molecule has 3 unspecified atom stereocenters. The van der Waals surface area contributed by atoms with Crippen molar-refractivity contribution in [1.29, 1.82) is 0 Å². The lowest BCUT2D eigenvalue weighted by atomic mass is 9.77. The second-order valence-corrected chi connectivity index (χ2v) is 11.1. The molecule has 3 aromatic rings. The molecule has 3 aliphatic rings. The Hall–Kier alpha value is -4.73. The van der Waals surface area contributed by atoms with Gasteiger partial charge in [-0.2, -0.15) is 9.59 Å². The lowest BCUT2D eigenvalue weighted by molar-refractivity contribution is -0.191. The zero-order chi connectivity index (χ0) is 32.5. The molecule has 3 aliphatic heterocycles. The zero-order valence-electron chi connectivity index (χ0n) is 26.3. The lowest BCUT2D eigenvalue weighted by Crippen LogP contribution is -2.40. The maximum absolute atomic E-state index is 13.9. The number of anilines is 2. The van der Waals surface area contributed by atoms with Gasteiger partial charge in [0.25, 0.3) is 5.91 Å². The van der Waals surface area contributed by atoms with Crippen molar-refractivity contribution in [3.63, 3.8) is 0 Å². The summed E-state index contributed by atoms with van der Waals surface area (Å²) in [4.78, 5) is 32.6. The van der Waals surface area contributed by atoms with E-state index in [2.05, 4.69) is 64.9 Å². The van der Waals surface area contributed by atoms with Gasteiger partial charge in [0.05, 0.1) is 44.7 Å². The number of nitrogens with one attached hydrogen (secondary N) is 2. The molecule has 240 valence electrons. The Kier molecular flexibility index (Phi) is 10.7. The Bertz CT molecular complexity index is 1590. The number of ether oxygens (including phenoxy) is 4. The van der Waals surface area contributed by atoms with Gasteiger partial charge in [0, 0.05) is 31.4 Å². The largest absolute Gasteiger partial charge is 0.497 e. The number of benzene rings is 3. The lowest BCUT2D eigenvalue weighted by Gasteiger charge is -2.37. The molecular formula is C36H39N3O7. The van der Waals surface area contributed by atoms with Gasteiger partial charge in [0.1, 0.15) is 23.2 Å². The first-order valence-electron chi connectivity index (χ1n) is 15.3. The maximum Gasteiger partial charge on any atom is 0.373 e. The summed E-state index contributed by atoms with van der Waals surface area (Å²) in [5.74, 6) is 0.983. The average Bonchev–Trinajstić information content (AvgIpc) is 3.67. The van der Waals surface area contributed by atoms with Gasteiger partial charge < -0.3 is 29.6 Å². The Morgan fingerprint density at radius 3 is 2.39 bits per heavy atom. The van der Waals surface area contributed by atoms with E-state index in [0.29, 0.717) is 29.2 Å². The van der Waals surface area contributed by atoms with Crippen LogP contribution in [0.25, 0.3) is 0 Å². The van der Waals surface area contributed by atoms with Gasteiger partial charge in [0.2, 0.25) is 0 Å². The van der Waals surface area contributed by atoms with E-state index in [4.69, 9.17) is 28.5 Å². The Morgan fingerprint density at radius 2 is 1.74 bits per heavy atom. The summed E-state index contributed by atoms with van der Waals surface area (Å²) in [7, 11) is 3.17. The third kappa shape index (κ3) is 6.90. The fourth-order valence-electron chi connectivity index (χ4n) is 6.36. The van der Waals surface area contributed by atoms with Crippen LogP contribution < -0.4 is 20.1 Å². The van der Waals surface area contributed by atoms with E-state index < -0.39 is 11.7 Å². The number of morpholine rings is 1. The van der Waals surface area contributed by atoms with Crippen LogP contribution in [-0.2, 0) is 30.4 Å². The van der Waals surface area contributed by atoms with Gasteiger partial charge in [-0.15, -0.1) is 0 Å². The molecule has 0 saturated carbocycles. The SMILES string of the molecule is CCC1=C(C(=O)Nc2ccc(OC)cc2OC)C2C=CC1(C(Nc1ccccc1)c1ccc(CN3CCOCC3)cc1)O2.O=C=O. The van der Waals surface area contributed by atoms with Crippen LogP contribution in [-0.4, -0.2) is 69.2 Å². The molecule has 10 nitrogen and oxygen atoms in total. The van der Waals surface area contributed by atoms with Crippen LogP contribution >= 0.6 is 0 Å². The molecule has 0 radical (unpaired) electrons. The third-order valence-electron chi connectivity index (χ3n) is 8.51. The van der Waals surface area contributed by atoms with Crippen molar-refractivity contribution in [1.82, 2.24) is 4.90 Å². The van der Waals surface area contributed by atoms with Gasteiger partial charge in [-0.3, -0.25) is 9.69 Å². The summed E-state index contributed by atoms with van der Waals surface area (Å²) in [6.07, 6.45) is 4.60. The molecule has 46 heavy (non-hydrogen) atoms. The van der Waals surface area contributed by atoms with Gasteiger partial charge in [-0.25, -0.2) is 0 Å². The molecule has 3 aromatic carbocycles. The van der Waals surface area contributed by atoms with Crippen LogP contribution in [0.2, 0.25) is 0 Å². The minimum atomic E-state index is -0.822. The number of rotatable bonds is 11. The quantitative estimate of drug-likeness (QED) is 0.279. The summed E-state index contributed by atoms with van der Waals surface area (Å²) in [5, 5.41) is 6.83. The topological polar surface area (TPSA) is 115 Å². The normalized spacial score (nSPS) is 20.7. The summed E-state index contributed by atoms with van der Waals surface area (Å²) in [6, 6.07) is 24.0. The fourth-order valence-corrected chi connectivity index (χ4v) is 6.36. The number of hydrogen-bond acceptors (Lipinski definition) is 9. The molecule has 1 amide bonds. The maximum atomic E-state index is 13.9. The van der Waals surface area contributed by atoms with Crippen LogP contribution in [0.5, 0.6) is 11.5 Å². The Labute approximate surface area is 269 Å². The molecule has 1 saturated heterocycles. The Balaban J connectivity index is 0.00000134. The van der Waals surface area contributed by atoms with Crippen molar-refractivity contribution < 1.29 is 33.3 Å². The number of fused-ring (bicyclic) bond motifs is 2. The summed E-state index contributed by atoms with van der Waals surface area (Å²) in [6.45, 7) is 6.43. The number of hydrogen-bond donors (Lipinski definition) is 2. The van der Waals surface area contributed by atoms with Gasteiger partial charge in [0.15, 0.2) is 0 Å². The summed E-state index contributed by atoms with van der Waals surface area (Å²) in [5.41, 5.74) is 4.70. The summed E-state index contributed by atoms with van der Waals surface area (Å²) >= 11 is 0. The Morgan fingerprint density at radius 1 is 1.02 bits per heavy atom. The van der Waals surface area contributed by atoms with E-state index in [1.165, 1.54) is 5.56 Å². The summed E-state index contributed by atoms with van der Waals surface area (Å²) < 4.78 is 23.2. The van der Waals surface area contributed by atoms with Crippen molar-refractivity contribution in [2.45, 2.75) is 37.6 Å². The highest BCUT2D eigenvalue weighted by Gasteiger charge is 2.54. The molecule has 0 spiro atoms. The molecule has 2 bridgehead atoms. The minimum absolute atomic E-state index is 0.198. The second-order valence-electron chi connectivity index (χ2n) is 11.1. The second kappa shape index (κ2) is 15.0. The first-order valence-corrected chi connectivity index (χ1v) is 15.3. The van der Waals surface area contributed by atoms with Crippen LogP contribution in [0.3, 0.4) is 0 Å². The van der Waals surface area contributed by atoms with E-state index in [9.17, 15) is 4.79 Å². The predicted molar refractivity (Wildman–Crippen MR) is 173 cm³/mol. The van der Waals surface area contributed by atoms with Crippen LogP contribution in [0, 0.1) is 0 Å². The smallest absolute Gasteiger partial charge is 0.373 e. The standard InChI is InChI=1S/C35H39N3O5.CO2/c1-4-28-32(34(39)37-29-15-14-27(40-2)22-31(29)41-3)30-16-17-35(28,43-30)33(36-26-8-6-5-7-9-26)25-12-10-24(11-13-25)23-38-18-20-42-21-19-38;2-1-3/h5-17,22,30,33,36H,4,18-21,23H2,1-3H3,(H,37,39);. The molecule has 0 aliphatic carbocycles. The van der Waals surface area contributed by atoms with Crippen molar-refractivity contribution in [3.8, 4) is 11.5 Å². The number of methoxy groups -OCH3 is 2. The molecule has 0 aromatic heterocycles. The molecule has 3 atom stereocenters. The van der Waals surface area contributed by atoms with Gasteiger partial charge >= 0.3 is 6.15 Å². The van der Waals surface area contributed by atoms with Crippen molar-refractivity contribution >= 4 is 23.4 Å². The number of para-hydroxylation sites is 1. The van der Waals surface area contributed by atoms with Crippen molar-refractivity contribution in [2.24, 2.45) is 0 Å². The van der Waals surface area contributed by atoms with Gasteiger partial charge in [-0.1, -0.05) is 55.5 Å². The highest BCUT2D eigenvalue weighted by molar-refractivity contribution is 6.07. The monoisotopic (exact) mass is 625 g/mol.